The number of ether oxygens (including phenoxy) is 1. The Balaban J connectivity index is 1.98. The fourth-order valence-electron chi connectivity index (χ4n) is 3.64. The lowest BCUT2D eigenvalue weighted by atomic mass is 10.1. The second-order valence-electron chi connectivity index (χ2n) is 6.07. The van der Waals surface area contributed by atoms with Crippen LogP contribution in [-0.4, -0.2) is 16.7 Å². The van der Waals surface area contributed by atoms with Gasteiger partial charge in [-0.2, -0.15) is 0 Å². The molecule has 0 bridgehead atoms. The van der Waals surface area contributed by atoms with Crippen molar-refractivity contribution in [2.45, 2.75) is 0 Å². The summed E-state index contributed by atoms with van der Waals surface area (Å²) in [4.78, 5) is 4.76. The number of fused-ring (bicyclic) bond motifs is 4. The molecule has 0 N–H and O–H groups in total. The molecule has 25 heavy (non-hydrogen) atoms. The average molecular weight is 324 g/mol. The van der Waals surface area contributed by atoms with Crippen molar-refractivity contribution in [1.29, 1.82) is 0 Å². The van der Waals surface area contributed by atoms with Crippen LogP contribution in [0, 0.1) is 0 Å². The maximum absolute atomic E-state index is 5.50. The molecule has 0 aliphatic carbocycles. The number of aromatic nitrogens is 2. The predicted octanol–water partition coefficient (Wildman–Crippen LogP) is 5.34. The molecule has 3 heteroatoms. The molecule has 0 amide bonds. The smallest absolute Gasteiger partial charge is 0.145 e. The number of pyridine rings is 1. The van der Waals surface area contributed by atoms with Gasteiger partial charge in [0.2, 0.25) is 0 Å². The number of nitrogens with zero attached hydrogens (tertiary/aromatic N) is 2. The molecule has 0 radical (unpaired) electrons. The van der Waals surface area contributed by atoms with Gasteiger partial charge in [-0.25, -0.2) is 4.98 Å². The van der Waals surface area contributed by atoms with Crippen LogP contribution in [0.2, 0.25) is 0 Å². The second kappa shape index (κ2) is 5.35. The van der Waals surface area contributed by atoms with Crippen molar-refractivity contribution in [2.75, 3.05) is 7.11 Å². The van der Waals surface area contributed by atoms with Crippen LogP contribution in [0.5, 0.6) is 5.75 Å². The van der Waals surface area contributed by atoms with Gasteiger partial charge in [-0.3, -0.25) is 4.57 Å². The number of hydrogen-bond acceptors (Lipinski definition) is 2. The van der Waals surface area contributed by atoms with Crippen molar-refractivity contribution < 1.29 is 4.74 Å². The van der Waals surface area contributed by atoms with Crippen LogP contribution in [0.25, 0.3) is 38.4 Å². The van der Waals surface area contributed by atoms with Crippen LogP contribution < -0.4 is 4.74 Å². The van der Waals surface area contributed by atoms with E-state index in [1.54, 1.807) is 13.3 Å². The van der Waals surface area contributed by atoms with E-state index >= 15 is 0 Å². The normalized spacial score (nSPS) is 11.4. The largest absolute Gasteiger partial charge is 0.494 e. The van der Waals surface area contributed by atoms with Crippen molar-refractivity contribution in [2.24, 2.45) is 0 Å². The minimum absolute atomic E-state index is 0.792. The van der Waals surface area contributed by atoms with E-state index < -0.39 is 0 Å². The molecular formula is C22H16N2O. The van der Waals surface area contributed by atoms with E-state index in [1.165, 1.54) is 10.8 Å². The minimum Gasteiger partial charge on any atom is -0.494 e. The molecule has 2 heterocycles. The minimum atomic E-state index is 0.792. The van der Waals surface area contributed by atoms with Crippen molar-refractivity contribution >= 4 is 32.6 Å². The van der Waals surface area contributed by atoms with Gasteiger partial charge in [0.1, 0.15) is 11.6 Å². The fraction of sp³-hybridized carbons (Fsp3) is 0.0455. The lowest BCUT2D eigenvalue weighted by molar-refractivity contribution is 0.418. The molecule has 5 aromatic rings. The maximum atomic E-state index is 5.50. The summed E-state index contributed by atoms with van der Waals surface area (Å²) in [6.07, 6.45) is 1.81. The zero-order valence-electron chi connectivity index (χ0n) is 13.8. The van der Waals surface area contributed by atoms with Gasteiger partial charge in [0.05, 0.1) is 24.3 Å². The third-order valence-corrected chi connectivity index (χ3v) is 4.75. The zero-order valence-corrected chi connectivity index (χ0v) is 13.8. The van der Waals surface area contributed by atoms with Crippen LogP contribution in [0.4, 0.5) is 0 Å². The SMILES string of the molecule is COc1cnc(-n2c3ccccc3c3ccccc32)c2ccccc12. The summed E-state index contributed by atoms with van der Waals surface area (Å²) < 4.78 is 7.75. The standard InChI is InChI=1S/C22H16N2O/c1-25-21-14-23-22(18-11-3-2-10-17(18)21)24-19-12-6-4-8-15(19)16-9-5-7-13-20(16)24/h2-14H,1H3. The van der Waals surface area contributed by atoms with Gasteiger partial charge in [-0.05, 0) is 12.1 Å². The van der Waals surface area contributed by atoms with E-state index in [9.17, 15) is 0 Å². The lowest BCUT2D eigenvalue weighted by Crippen LogP contribution is -1.99. The topological polar surface area (TPSA) is 27.1 Å². The van der Waals surface area contributed by atoms with Crippen LogP contribution in [0.15, 0.2) is 79.0 Å². The predicted molar refractivity (Wildman–Crippen MR) is 103 cm³/mol. The van der Waals surface area contributed by atoms with E-state index in [2.05, 4.69) is 65.2 Å². The summed E-state index contributed by atoms with van der Waals surface area (Å²) >= 11 is 0. The Kier molecular flexibility index (Phi) is 3.01. The van der Waals surface area contributed by atoms with Gasteiger partial charge in [-0.15, -0.1) is 0 Å². The summed E-state index contributed by atoms with van der Waals surface area (Å²) in [5, 5.41) is 4.62. The highest BCUT2D eigenvalue weighted by Crippen LogP contribution is 2.35. The van der Waals surface area contributed by atoms with Crippen molar-refractivity contribution in [3.05, 3.63) is 79.0 Å². The van der Waals surface area contributed by atoms with Crippen LogP contribution in [-0.2, 0) is 0 Å². The maximum Gasteiger partial charge on any atom is 0.145 e. The molecule has 2 aromatic heterocycles. The monoisotopic (exact) mass is 324 g/mol. The number of hydrogen-bond donors (Lipinski definition) is 0. The summed E-state index contributed by atoms with van der Waals surface area (Å²) in [5.74, 6) is 1.72. The Hall–Kier alpha value is -3.33. The first kappa shape index (κ1) is 14.1. The summed E-state index contributed by atoms with van der Waals surface area (Å²) in [5.41, 5.74) is 2.32. The van der Waals surface area contributed by atoms with Crippen molar-refractivity contribution in [3.63, 3.8) is 0 Å². The number of benzene rings is 3. The van der Waals surface area contributed by atoms with Crippen LogP contribution >= 0.6 is 0 Å². The van der Waals surface area contributed by atoms with Gasteiger partial charge in [0.25, 0.3) is 0 Å². The zero-order chi connectivity index (χ0) is 16.8. The van der Waals surface area contributed by atoms with Gasteiger partial charge in [0, 0.05) is 21.5 Å². The van der Waals surface area contributed by atoms with Gasteiger partial charge < -0.3 is 4.74 Å². The molecule has 0 saturated heterocycles. The van der Waals surface area contributed by atoms with E-state index in [0.29, 0.717) is 0 Å². The summed E-state index contributed by atoms with van der Waals surface area (Å²) in [6.45, 7) is 0. The highest BCUT2D eigenvalue weighted by atomic mass is 16.5. The number of methoxy groups -OCH3 is 1. The highest BCUT2D eigenvalue weighted by Gasteiger charge is 2.15. The molecule has 0 aliphatic rings. The first-order valence-electron chi connectivity index (χ1n) is 8.29. The third-order valence-electron chi connectivity index (χ3n) is 4.75. The Morgan fingerprint density at radius 1 is 0.680 bits per heavy atom. The molecule has 0 aliphatic heterocycles. The first-order chi connectivity index (χ1) is 12.4. The van der Waals surface area contributed by atoms with Crippen molar-refractivity contribution in [3.8, 4) is 11.6 Å². The molecule has 0 saturated carbocycles. The quantitative estimate of drug-likeness (QED) is 0.438. The number of para-hydroxylation sites is 2. The van der Waals surface area contributed by atoms with Crippen molar-refractivity contribution in [1.82, 2.24) is 9.55 Å². The molecule has 3 aromatic carbocycles. The molecule has 0 unspecified atom stereocenters. The van der Waals surface area contributed by atoms with Gasteiger partial charge in [-0.1, -0.05) is 60.7 Å². The van der Waals surface area contributed by atoms with Crippen LogP contribution in [0.1, 0.15) is 0 Å². The van der Waals surface area contributed by atoms with E-state index in [-0.39, 0.29) is 0 Å². The van der Waals surface area contributed by atoms with E-state index in [4.69, 9.17) is 9.72 Å². The van der Waals surface area contributed by atoms with E-state index in [0.717, 1.165) is 33.4 Å². The molecule has 120 valence electrons. The lowest BCUT2D eigenvalue weighted by Gasteiger charge is -2.12. The fourth-order valence-corrected chi connectivity index (χ4v) is 3.64. The Morgan fingerprint density at radius 2 is 1.20 bits per heavy atom. The molecule has 5 rings (SSSR count). The molecule has 0 fully saturated rings. The average Bonchev–Trinajstić information content (AvgIpc) is 3.02. The Bertz CT molecular complexity index is 1180. The Labute approximate surface area is 145 Å². The summed E-state index contributed by atoms with van der Waals surface area (Å²) in [6, 6.07) is 25.2. The first-order valence-corrected chi connectivity index (χ1v) is 8.29. The molecule has 3 nitrogen and oxygen atoms in total. The summed E-state index contributed by atoms with van der Waals surface area (Å²) in [7, 11) is 1.68. The molecule has 0 spiro atoms. The van der Waals surface area contributed by atoms with E-state index in [1.807, 2.05) is 12.1 Å². The second-order valence-corrected chi connectivity index (χ2v) is 6.07. The highest BCUT2D eigenvalue weighted by molar-refractivity contribution is 6.10. The van der Waals surface area contributed by atoms with Gasteiger partial charge in [0.15, 0.2) is 0 Å². The Morgan fingerprint density at radius 3 is 1.80 bits per heavy atom. The number of rotatable bonds is 2. The molecular weight excluding hydrogens is 308 g/mol. The van der Waals surface area contributed by atoms with Gasteiger partial charge >= 0.3 is 0 Å². The van der Waals surface area contributed by atoms with Crippen LogP contribution in [0.3, 0.4) is 0 Å². The third kappa shape index (κ3) is 1.96. The molecule has 0 atom stereocenters.